The summed E-state index contributed by atoms with van der Waals surface area (Å²) in [5, 5.41) is 0. The normalized spacial score (nSPS) is 15.7. The molecule has 1 amide bonds. The van der Waals surface area contributed by atoms with Gasteiger partial charge in [-0.2, -0.15) is 7.42 Å². The minimum Gasteiger partial charge on any atom is -0.337 e. The molecule has 1 heterocycles. The van der Waals surface area contributed by atoms with Gasteiger partial charge in [0.05, 0.1) is 48.9 Å². The van der Waals surface area contributed by atoms with Crippen LogP contribution in [0.3, 0.4) is 0 Å². The van der Waals surface area contributed by atoms with E-state index in [-0.39, 0.29) is 23.4 Å². The highest BCUT2D eigenvalue weighted by atomic mass is 32.3. The van der Waals surface area contributed by atoms with Crippen LogP contribution in [-0.2, 0) is 51.3 Å². The molecular formula is C25H36N4O9S4. The number of rotatable bonds is 12. The number of likely N-dealkylation sites (N-methyl/N-ethyl adjacent to an activating group) is 1. The van der Waals surface area contributed by atoms with Gasteiger partial charge in [0.2, 0.25) is 46.0 Å². The molecule has 0 unspecified atom stereocenters. The first-order valence-corrected chi connectivity index (χ1v) is 20.2. The van der Waals surface area contributed by atoms with Crippen LogP contribution >= 0.6 is 0 Å². The van der Waals surface area contributed by atoms with Gasteiger partial charge >= 0.3 is 0 Å². The summed E-state index contributed by atoms with van der Waals surface area (Å²) in [5.41, 5.74) is 0.375. The fourth-order valence-electron chi connectivity index (χ4n) is 5.04. The number of nitrogens with zero attached hydrogens (tertiary/aromatic N) is 4. The van der Waals surface area contributed by atoms with Crippen molar-refractivity contribution < 1.29 is 38.5 Å². The Hall–Kier alpha value is -2.73. The summed E-state index contributed by atoms with van der Waals surface area (Å²) >= 11 is 0. The minimum atomic E-state index is -4.26. The first kappa shape index (κ1) is 33.8. The topological polar surface area (TPSA) is 167 Å². The van der Waals surface area contributed by atoms with Gasteiger partial charge in [-0.05, 0) is 55.3 Å². The average molecular weight is 665 g/mol. The Kier molecular flexibility index (Phi) is 10.0. The molecule has 1 atom stereocenters. The predicted molar refractivity (Wildman–Crippen MR) is 162 cm³/mol. The molecule has 234 valence electrons. The van der Waals surface area contributed by atoms with Crippen molar-refractivity contribution in [1.29, 1.82) is 0 Å². The molecule has 1 aliphatic rings. The Morgan fingerprint density at radius 2 is 1.29 bits per heavy atom. The van der Waals surface area contributed by atoms with E-state index in [0.29, 0.717) is 19.5 Å². The number of likely N-dealkylation sites (tertiary alicyclic amines) is 1. The highest BCUT2D eigenvalue weighted by Crippen LogP contribution is 2.31. The van der Waals surface area contributed by atoms with Gasteiger partial charge in [-0.25, -0.2) is 33.7 Å². The summed E-state index contributed by atoms with van der Waals surface area (Å²) in [7, 11) is -15.4. The molecule has 2 aromatic carbocycles. The van der Waals surface area contributed by atoms with E-state index in [1.165, 1.54) is 48.3 Å². The van der Waals surface area contributed by atoms with Crippen LogP contribution in [0.4, 0.5) is 11.4 Å². The van der Waals surface area contributed by atoms with Gasteiger partial charge < -0.3 is 9.80 Å². The van der Waals surface area contributed by atoms with Crippen molar-refractivity contribution in [3.63, 3.8) is 0 Å². The summed E-state index contributed by atoms with van der Waals surface area (Å²) in [6.45, 7) is 1.92. The molecule has 0 N–H and O–H groups in total. The molecule has 2 aromatic rings. The number of carbonyl (C=O) groups excluding carboxylic acids is 1. The van der Waals surface area contributed by atoms with Crippen LogP contribution in [-0.4, -0.2) is 101 Å². The van der Waals surface area contributed by atoms with Crippen LogP contribution in [0.1, 0.15) is 30.0 Å². The van der Waals surface area contributed by atoms with Crippen molar-refractivity contribution in [2.24, 2.45) is 0 Å². The monoisotopic (exact) mass is 664 g/mol. The van der Waals surface area contributed by atoms with Crippen molar-refractivity contribution in [3.8, 4) is 0 Å². The summed E-state index contributed by atoms with van der Waals surface area (Å²) in [6, 6.07) is 11.1. The van der Waals surface area contributed by atoms with E-state index in [1.54, 1.807) is 12.1 Å². The Balaban J connectivity index is 2.05. The first-order valence-electron chi connectivity index (χ1n) is 12.8. The zero-order chi connectivity index (χ0) is 31.7. The van der Waals surface area contributed by atoms with Crippen LogP contribution in [0.15, 0.2) is 48.5 Å². The number of anilines is 2. The summed E-state index contributed by atoms with van der Waals surface area (Å²) in [5.74, 6) is -0.470. The largest absolute Gasteiger partial charge is 0.337 e. The van der Waals surface area contributed by atoms with Crippen molar-refractivity contribution >= 4 is 57.4 Å². The SMILES string of the molecule is CN(C(=O)Cc1ccccc1N(S(C)(=O)=O)S(C)(=O)=O)[C@H](CN1CCCC1)c1cccc(N(S(C)(=O)=O)S(C)(=O)=O)c1. The van der Waals surface area contributed by atoms with E-state index in [0.717, 1.165) is 51.0 Å². The smallest absolute Gasteiger partial charge is 0.245 e. The third-order valence-electron chi connectivity index (χ3n) is 6.69. The summed E-state index contributed by atoms with van der Waals surface area (Å²) in [6.07, 6.45) is 4.66. The second-order valence-electron chi connectivity index (χ2n) is 10.4. The van der Waals surface area contributed by atoms with Crippen LogP contribution < -0.4 is 7.42 Å². The molecule has 42 heavy (non-hydrogen) atoms. The molecule has 1 aliphatic heterocycles. The van der Waals surface area contributed by atoms with Crippen molar-refractivity contribution in [1.82, 2.24) is 9.80 Å². The van der Waals surface area contributed by atoms with Crippen molar-refractivity contribution in [2.75, 3.05) is 59.1 Å². The van der Waals surface area contributed by atoms with Crippen LogP contribution in [0.5, 0.6) is 0 Å². The molecule has 0 aromatic heterocycles. The number of hydrogen-bond donors (Lipinski definition) is 0. The van der Waals surface area contributed by atoms with E-state index in [1.807, 2.05) is 0 Å². The highest BCUT2D eigenvalue weighted by molar-refractivity contribution is 8.10. The Bertz CT molecular complexity index is 1690. The third kappa shape index (κ3) is 8.21. The number of benzene rings is 2. The first-order chi connectivity index (χ1) is 19.2. The lowest BCUT2D eigenvalue weighted by Crippen LogP contribution is -2.40. The van der Waals surface area contributed by atoms with Crippen LogP contribution in [0.25, 0.3) is 0 Å². The van der Waals surface area contributed by atoms with Crippen molar-refractivity contribution in [3.05, 3.63) is 59.7 Å². The molecule has 13 nitrogen and oxygen atoms in total. The molecule has 3 rings (SSSR count). The summed E-state index contributed by atoms with van der Waals surface area (Å²) < 4.78 is 99.9. The van der Waals surface area contributed by atoms with E-state index < -0.39 is 52.0 Å². The second kappa shape index (κ2) is 12.5. The average Bonchev–Trinajstić information content (AvgIpc) is 3.33. The quantitative estimate of drug-likeness (QED) is 0.319. The van der Waals surface area contributed by atoms with E-state index >= 15 is 0 Å². The van der Waals surface area contributed by atoms with Crippen molar-refractivity contribution in [2.45, 2.75) is 25.3 Å². The molecule has 1 fully saturated rings. The highest BCUT2D eigenvalue weighted by Gasteiger charge is 2.32. The van der Waals surface area contributed by atoms with Gasteiger partial charge in [0.25, 0.3) is 0 Å². The van der Waals surface area contributed by atoms with E-state index in [9.17, 15) is 38.5 Å². The maximum atomic E-state index is 13.7. The molecule has 17 heteroatoms. The lowest BCUT2D eigenvalue weighted by molar-refractivity contribution is -0.131. The minimum absolute atomic E-state index is 0.105. The number of amides is 1. The molecule has 1 saturated heterocycles. The van der Waals surface area contributed by atoms with Gasteiger partial charge in [-0.15, -0.1) is 0 Å². The van der Waals surface area contributed by atoms with Gasteiger partial charge in [0.1, 0.15) is 0 Å². The molecule has 0 aliphatic carbocycles. The molecule has 0 spiro atoms. The number of carbonyl (C=O) groups is 1. The van der Waals surface area contributed by atoms with Gasteiger partial charge in [0, 0.05) is 13.6 Å². The number of sulfonamides is 4. The Labute approximate surface area is 248 Å². The fourth-order valence-corrected chi connectivity index (χ4v) is 11.0. The van der Waals surface area contributed by atoms with E-state index in [2.05, 4.69) is 4.90 Å². The third-order valence-corrected chi connectivity index (χ3v) is 13.2. The number of para-hydroxylation sites is 1. The summed E-state index contributed by atoms with van der Waals surface area (Å²) in [4.78, 5) is 17.3. The van der Waals surface area contributed by atoms with Gasteiger partial charge in [-0.3, -0.25) is 4.79 Å². The lowest BCUT2D eigenvalue weighted by Gasteiger charge is -2.33. The maximum absolute atomic E-state index is 13.7. The van der Waals surface area contributed by atoms with Gasteiger partial charge in [0.15, 0.2) is 0 Å². The molecular weight excluding hydrogens is 629 g/mol. The molecule has 0 bridgehead atoms. The van der Waals surface area contributed by atoms with E-state index in [4.69, 9.17) is 0 Å². The zero-order valence-electron chi connectivity index (χ0n) is 24.0. The zero-order valence-corrected chi connectivity index (χ0v) is 27.3. The van der Waals surface area contributed by atoms with Crippen LogP contribution in [0.2, 0.25) is 0 Å². The predicted octanol–water partition coefficient (Wildman–Crippen LogP) is 0.976. The molecule has 0 saturated carbocycles. The maximum Gasteiger partial charge on any atom is 0.245 e. The Morgan fingerprint density at radius 1 is 0.762 bits per heavy atom. The molecule has 0 radical (unpaired) electrons. The second-order valence-corrected chi connectivity index (χ2v) is 18.2. The lowest BCUT2D eigenvalue weighted by atomic mass is 10.0. The van der Waals surface area contributed by atoms with Crippen LogP contribution in [0, 0.1) is 0 Å². The standard InChI is InChI=1S/C25H36N4O9S4/c1-26(25(30)18-21-11-6-7-14-23(21)29(41(4,35)36)42(5,37)38)24(19-27-15-8-9-16-27)20-12-10-13-22(17-20)28(39(2,31)32)40(3,33)34/h6-7,10-14,17,24H,8-9,15-16,18-19H2,1-5H3/t24-/m1/s1. The number of hydrogen-bond acceptors (Lipinski definition) is 10. The Morgan fingerprint density at radius 3 is 1.81 bits per heavy atom. The fraction of sp³-hybridized carbons (Fsp3) is 0.480. The van der Waals surface area contributed by atoms with Gasteiger partial charge in [-0.1, -0.05) is 30.3 Å².